The quantitative estimate of drug-likeness (QED) is 0.283. The van der Waals surface area contributed by atoms with Crippen molar-refractivity contribution in [2.24, 2.45) is 0 Å². The van der Waals surface area contributed by atoms with Crippen LogP contribution in [-0.2, 0) is 0 Å². The van der Waals surface area contributed by atoms with E-state index in [2.05, 4.69) is 6.07 Å². The molecule has 0 unspecified atom stereocenters. The molecule has 0 spiro atoms. The Morgan fingerprint density at radius 1 is 0.541 bits per heavy atom. The smallest absolute Gasteiger partial charge is 0.241 e. The molecule has 37 heavy (non-hydrogen) atoms. The highest BCUT2D eigenvalue weighted by Crippen LogP contribution is 2.34. The van der Waals surface area contributed by atoms with Gasteiger partial charge in [0, 0.05) is 16.5 Å². The van der Waals surface area contributed by atoms with Gasteiger partial charge < -0.3 is 4.42 Å². The van der Waals surface area contributed by atoms with E-state index in [0.29, 0.717) is 29.1 Å². The monoisotopic (exact) mass is 478 g/mol. The third-order valence-corrected chi connectivity index (χ3v) is 6.62. The number of aromatic nitrogens is 6. The van der Waals surface area contributed by atoms with E-state index in [1.165, 1.54) is 0 Å². The number of benzene rings is 4. The van der Waals surface area contributed by atoms with Crippen LogP contribution in [0.5, 0.6) is 0 Å². The Morgan fingerprint density at radius 2 is 1.14 bits per heavy atom. The molecular formula is C30H18N6O. The minimum Gasteiger partial charge on any atom is -0.437 e. The van der Waals surface area contributed by atoms with Crippen LogP contribution in [0.2, 0.25) is 0 Å². The molecule has 8 rings (SSSR count). The molecule has 0 aliphatic rings. The number of hydrogen-bond acceptors (Lipinski definition) is 5. The summed E-state index contributed by atoms with van der Waals surface area (Å²) in [5.74, 6) is 2.38. The lowest BCUT2D eigenvalue weighted by Gasteiger charge is -2.09. The van der Waals surface area contributed by atoms with Gasteiger partial charge in [-0.1, -0.05) is 84.9 Å². The fraction of sp³-hybridized carbons (Fsp3) is 0. The van der Waals surface area contributed by atoms with Crippen molar-refractivity contribution in [3.8, 4) is 28.7 Å². The summed E-state index contributed by atoms with van der Waals surface area (Å²) in [5.41, 5.74) is 6.04. The van der Waals surface area contributed by atoms with E-state index in [0.717, 1.165) is 38.6 Å². The van der Waals surface area contributed by atoms with Gasteiger partial charge in [-0.25, -0.2) is 18.9 Å². The van der Waals surface area contributed by atoms with E-state index in [9.17, 15) is 0 Å². The van der Waals surface area contributed by atoms with Gasteiger partial charge in [-0.05, 0) is 24.3 Å². The second-order valence-electron chi connectivity index (χ2n) is 8.84. The third-order valence-electron chi connectivity index (χ3n) is 6.62. The average molecular weight is 479 g/mol. The minimum atomic E-state index is 0.496. The number of hydrogen-bond donors (Lipinski definition) is 0. The molecule has 0 radical (unpaired) electrons. The zero-order chi connectivity index (χ0) is 24.3. The fourth-order valence-corrected chi connectivity index (χ4v) is 4.93. The van der Waals surface area contributed by atoms with Crippen molar-refractivity contribution in [1.29, 1.82) is 0 Å². The zero-order valence-electron chi connectivity index (χ0n) is 19.5. The molecule has 0 fully saturated rings. The summed E-state index contributed by atoms with van der Waals surface area (Å²) < 4.78 is 10.3. The molecule has 0 aliphatic heterocycles. The predicted molar refractivity (Wildman–Crippen MR) is 144 cm³/mol. The highest BCUT2D eigenvalue weighted by atomic mass is 16.3. The first kappa shape index (κ1) is 19.9. The number of furan rings is 1. The standard InChI is InChI=1S/C30H18N6O/c1-3-11-19(12-4-1)26-32-27(20-13-5-2-6-14-20)34-29(33-26)36-23-17-9-8-16-22(23)35-28-25(31-30(35)36)21-15-7-10-18-24(21)37-28/h1-18H. The SMILES string of the molecule is c1ccc(-c2nc(-c3ccccc3)nc(-n3c4ccccc4n4c5oc6ccccc6c5nc34)n2)cc1. The van der Waals surface area contributed by atoms with Crippen molar-refractivity contribution in [2.45, 2.75) is 0 Å². The van der Waals surface area contributed by atoms with Gasteiger partial charge in [-0.2, -0.15) is 9.97 Å². The van der Waals surface area contributed by atoms with Crippen LogP contribution in [0.15, 0.2) is 114 Å². The molecule has 7 heteroatoms. The first-order chi connectivity index (χ1) is 18.3. The summed E-state index contributed by atoms with van der Waals surface area (Å²) in [6, 6.07) is 36.0. The largest absolute Gasteiger partial charge is 0.437 e. The molecule has 0 bridgehead atoms. The van der Waals surface area contributed by atoms with E-state index in [4.69, 9.17) is 24.4 Å². The van der Waals surface area contributed by atoms with E-state index in [1.807, 2.05) is 112 Å². The highest BCUT2D eigenvalue weighted by Gasteiger charge is 2.23. The molecule has 0 saturated heterocycles. The Hall–Kier alpha value is -5.30. The second-order valence-corrected chi connectivity index (χ2v) is 8.84. The Balaban J connectivity index is 1.49. The van der Waals surface area contributed by atoms with E-state index < -0.39 is 0 Å². The summed E-state index contributed by atoms with van der Waals surface area (Å²) in [6.07, 6.45) is 0. The van der Waals surface area contributed by atoms with Gasteiger partial charge in [0.2, 0.25) is 17.4 Å². The molecule has 4 aromatic carbocycles. The highest BCUT2D eigenvalue weighted by molar-refractivity contribution is 6.04. The molecule has 174 valence electrons. The molecule has 0 N–H and O–H groups in total. The van der Waals surface area contributed by atoms with E-state index in [1.54, 1.807) is 0 Å². The summed E-state index contributed by atoms with van der Waals surface area (Å²) in [7, 11) is 0. The maximum absolute atomic E-state index is 6.28. The maximum Gasteiger partial charge on any atom is 0.241 e. The molecule has 7 nitrogen and oxygen atoms in total. The Morgan fingerprint density at radius 3 is 1.84 bits per heavy atom. The first-order valence-electron chi connectivity index (χ1n) is 12.0. The normalized spacial score (nSPS) is 11.8. The fourth-order valence-electron chi connectivity index (χ4n) is 4.93. The maximum atomic E-state index is 6.28. The molecule has 0 atom stereocenters. The van der Waals surface area contributed by atoms with Gasteiger partial charge in [0.05, 0.1) is 11.0 Å². The molecule has 4 aromatic heterocycles. The number of imidazole rings is 2. The van der Waals surface area contributed by atoms with Crippen LogP contribution in [0, 0.1) is 0 Å². The topological polar surface area (TPSA) is 74.0 Å². The lowest BCUT2D eigenvalue weighted by atomic mass is 10.2. The van der Waals surface area contributed by atoms with Gasteiger partial charge in [0.25, 0.3) is 0 Å². The van der Waals surface area contributed by atoms with E-state index >= 15 is 0 Å². The van der Waals surface area contributed by atoms with Gasteiger partial charge in [-0.3, -0.25) is 0 Å². The number of para-hydroxylation sites is 3. The van der Waals surface area contributed by atoms with E-state index in [-0.39, 0.29) is 0 Å². The van der Waals surface area contributed by atoms with Crippen LogP contribution in [0.4, 0.5) is 0 Å². The second kappa shape index (κ2) is 7.60. The molecule has 4 heterocycles. The molecule has 0 amide bonds. The number of nitrogens with zero attached hydrogens (tertiary/aromatic N) is 6. The predicted octanol–water partition coefficient (Wildman–Crippen LogP) is 6.70. The number of rotatable bonds is 3. The van der Waals surface area contributed by atoms with Crippen molar-refractivity contribution in [1.82, 2.24) is 28.9 Å². The van der Waals surface area contributed by atoms with Crippen LogP contribution in [0.1, 0.15) is 0 Å². The van der Waals surface area contributed by atoms with Gasteiger partial charge in [0.1, 0.15) is 11.1 Å². The minimum absolute atomic E-state index is 0.496. The summed E-state index contributed by atoms with van der Waals surface area (Å²) in [4.78, 5) is 19.8. The summed E-state index contributed by atoms with van der Waals surface area (Å²) in [6.45, 7) is 0. The third kappa shape index (κ3) is 2.94. The first-order valence-corrected chi connectivity index (χ1v) is 12.0. The van der Waals surface area contributed by atoms with Crippen LogP contribution in [0.25, 0.3) is 67.7 Å². The molecule has 0 saturated carbocycles. The summed E-state index contributed by atoms with van der Waals surface area (Å²) >= 11 is 0. The van der Waals surface area contributed by atoms with Gasteiger partial charge in [-0.15, -0.1) is 0 Å². The molecule has 0 aliphatic carbocycles. The van der Waals surface area contributed by atoms with Crippen molar-refractivity contribution in [3.63, 3.8) is 0 Å². The molecular weight excluding hydrogens is 460 g/mol. The van der Waals surface area contributed by atoms with Crippen LogP contribution < -0.4 is 0 Å². The zero-order valence-corrected chi connectivity index (χ0v) is 19.5. The van der Waals surface area contributed by atoms with Crippen LogP contribution >= 0.6 is 0 Å². The van der Waals surface area contributed by atoms with Crippen molar-refractivity contribution < 1.29 is 4.42 Å². The Labute approximate surface area is 210 Å². The molecule has 8 aromatic rings. The lowest BCUT2D eigenvalue weighted by molar-refractivity contribution is 0.651. The van der Waals surface area contributed by atoms with Crippen molar-refractivity contribution >= 4 is 39.0 Å². The van der Waals surface area contributed by atoms with Gasteiger partial charge >= 0.3 is 0 Å². The van der Waals surface area contributed by atoms with Gasteiger partial charge in [0.15, 0.2) is 11.6 Å². The van der Waals surface area contributed by atoms with Crippen LogP contribution in [-0.4, -0.2) is 28.9 Å². The van der Waals surface area contributed by atoms with Crippen molar-refractivity contribution in [3.05, 3.63) is 109 Å². The number of fused-ring (bicyclic) bond motifs is 7. The average Bonchev–Trinajstić information content (AvgIpc) is 3.61. The van der Waals surface area contributed by atoms with Crippen molar-refractivity contribution in [2.75, 3.05) is 0 Å². The lowest BCUT2D eigenvalue weighted by Crippen LogP contribution is -2.06. The Kier molecular flexibility index (Phi) is 4.10. The van der Waals surface area contributed by atoms with Crippen LogP contribution in [0.3, 0.4) is 0 Å². The summed E-state index contributed by atoms with van der Waals surface area (Å²) in [5, 5.41) is 0.974. The Bertz CT molecular complexity index is 2030.